The van der Waals surface area contributed by atoms with Crippen LogP contribution in [0.15, 0.2) is 35.3 Å². The summed E-state index contributed by atoms with van der Waals surface area (Å²) in [6.07, 6.45) is -2.83. The summed E-state index contributed by atoms with van der Waals surface area (Å²) in [5.41, 5.74) is 4.63. The molecule has 0 aromatic carbocycles. The average molecular weight is 502 g/mol. The molecule has 9 nitrogen and oxygen atoms in total. The molecule has 0 spiro atoms. The van der Waals surface area contributed by atoms with Crippen LogP contribution in [0.1, 0.15) is 19.4 Å². The zero-order chi connectivity index (χ0) is 25.5. The lowest BCUT2D eigenvalue weighted by atomic mass is 10.1. The van der Waals surface area contributed by atoms with Gasteiger partial charge in [-0.25, -0.2) is 14.6 Å². The predicted molar refractivity (Wildman–Crippen MR) is 116 cm³/mol. The number of anilines is 1. The van der Waals surface area contributed by atoms with Gasteiger partial charge in [-0.1, -0.05) is 11.6 Å². The minimum atomic E-state index is -4.56. The molecule has 0 amide bonds. The van der Waals surface area contributed by atoms with E-state index in [1.807, 2.05) is 0 Å². The summed E-state index contributed by atoms with van der Waals surface area (Å²) < 4.78 is 48.4. The number of nitrogens with zero attached hydrogens (tertiary/aromatic N) is 4. The molecule has 1 saturated heterocycles. The van der Waals surface area contributed by atoms with E-state index in [0.717, 1.165) is 12.1 Å². The number of hydrogen-bond donors (Lipinski definition) is 1. The molecule has 0 atom stereocenters. The third-order valence-corrected chi connectivity index (χ3v) is 5.02. The number of nitrogens with two attached hydrogens (primary N) is 1. The fourth-order valence-electron chi connectivity index (χ4n) is 3.08. The van der Waals surface area contributed by atoms with Gasteiger partial charge in [0.2, 0.25) is 0 Å². The molecule has 34 heavy (non-hydrogen) atoms. The van der Waals surface area contributed by atoms with Crippen molar-refractivity contribution < 1.29 is 32.2 Å². The van der Waals surface area contributed by atoms with Crippen molar-refractivity contribution >= 4 is 29.4 Å². The molecule has 1 aromatic heterocycles. The normalized spacial score (nSPS) is 15.4. The van der Waals surface area contributed by atoms with E-state index in [1.54, 1.807) is 29.7 Å². The largest absolute Gasteiger partial charge is 0.462 e. The van der Waals surface area contributed by atoms with Crippen LogP contribution >= 0.6 is 11.6 Å². The fraction of sp³-hybridized carbons (Fsp3) is 0.429. The monoisotopic (exact) mass is 501 g/mol. The number of piperazine rings is 1. The van der Waals surface area contributed by atoms with Crippen molar-refractivity contribution in [2.45, 2.75) is 20.0 Å². The maximum Gasteiger partial charge on any atom is 0.417 e. The molecular formula is C21H23ClF3N5O4. The highest BCUT2D eigenvalue weighted by molar-refractivity contribution is 6.33. The van der Waals surface area contributed by atoms with E-state index in [-0.39, 0.29) is 61.6 Å². The number of pyridine rings is 1. The molecule has 184 valence electrons. The van der Waals surface area contributed by atoms with E-state index in [1.165, 1.54) is 0 Å². The van der Waals surface area contributed by atoms with E-state index in [4.69, 9.17) is 26.8 Å². The van der Waals surface area contributed by atoms with E-state index in [0.29, 0.717) is 6.20 Å². The van der Waals surface area contributed by atoms with Gasteiger partial charge in [-0.05, 0) is 26.0 Å². The summed E-state index contributed by atoms with van der Waals surface area (Å²) in [6, 6.07) is 2.49. The van der Waals surface area contributed by atoms with Crippen molar-refractivity contribution in [3.8, 4) is 6.07 Å². The molecule has 2 rings (SSSR count). The number of hydrogen-bond acceptors (Lipinski definition) is 9. The zero-order valence-corrected chi connectivity index (χ0v) is 19.2. The lowest BCUT2D eigenvalue weighted by Crippen LogP contribution is -2.48. The predicted octanol–water partition coefficient (Wildman–Crippen LogP) is 2.62. The Morgan fingerprint density at radius 3 is 2.29 bits per heavy atom. The van der Waals surface area contributed by atoms with E-state index in [2.05, 4.69) is 4.98 Å². The molecule has 0 radical (unpaired) electrons. The first-order valence-electron chi connectivity index (χ1n) is 10.2. The van der Waals surface area contributed by atoms with Crippen LogP contribution < -0.4 is 10.6 Å². The highest BCUT2D eigenvalue weighted by atomic mass is 35.5. The number of aromatic nitrogens is 1. The van der Waals surface area contributed by atoms with Crippen LogP contribution in [0.25, 0.3) is 0 Å². The summed E-state index contributed by atoms with van der Waals surface area (Å²) in [6.45, 7) is 4.30. The summed E-state index contributed by atoms with van der Waals surface area (Å²) >= 11 is 6.03. The maximum atomic E-state index is 12.9. The zero-order valence-electron chi connectivity index (χ0n) is 18.5. The number of ether oxygens (including phenoxy) is 2. The Hall–Kier alpha value is -3.46. The van der Waals surface area contributed by atoms with Gasteiger partial charge in [0.25, 0.3) is 0 Å². The highest BCUT2D eigenvalue weighted by Crippen LogP contribution is 2.33. The Morgan fingerprint density at radius 1 is 1.21 bits per heavy atom. The summed E-state index contributed by atoms with van der Waals surface area (Å²) in [5.74, 6) is -1.57. The summed E-state index contributed by atoms with van der Waals surface area (Å²) in [7, 11) is 0. The maximum absolute atomic E-state index is 12.9. The molecule has 0 saturated carbocycles. The Bertz CT molecular complexity index is 1030. The minimum Gasteiger partial charge on any atom is -0.462 e. The Labute approximate surface area is 199 Å². The number of nitriles is 1. The van der Waals surface area contributed by atoms with Gasteiger partial charge in [-0.3, -0.25) is 0 Å². The van der Waals surface area contributed by atoms with Crippen LogP contribution in [0.5, 0.6) is 0 Å². The van der Waals surface area contributed by atoms with Gasteiger partial charge >= 0.3 is 18.1 Å². The molecule has 2 N–H and O–H groups in total. The van der Waals surface area contributed by atoms with Crippen LogP contribution in [0.3, 0.4) is 0 Å². The van der Waals surface area contributed by atoms with Crippen molar-refractivity contribution in [2.75, 3.05) is 44.3 Å². The van der Waals surface area contributed by atoms with Crippen molar-refractivity contribution in [3.63, 3.8) is 0 Å². The first kappa shape index (κ1) is 26.8. The molecule has 1 aromatic rings. The van der Waals surface area contributed by atoms with Crippen molar-refractivity contribution in [2.24, 2.45) is 5.73 Å². The molecule has 0 bridgehead atoms. The van der Waals surface area contributed by atoms with E-state index < -0.39 is 29.3 Å². The van der Waals surface area contributed by atoms with Crippen LogP contribution in [0.2, 0.25) is 5.02 Å². The standard InChI is InChI=1S/C21H23ClF3N5O4/c1-3-33-19(31)13(11-26)9-15(20(32)34-4-2)17(27)29-5-7-30(8-6-29)18-16(22)10-14(12-28-18)21(23,24)25/h9-10,12H,3-8,27H2,1-2H3. The average Bonchev–Trinajstić information content (AvgIpc) is 2.79. The number of carbonyl (C=O) groups is 2. The van der Waals surface area contributed by atoms with E-state index >= 15 is 0 Å². The molecule has 0 aliphatic carbocycles. The number of alkyl halides is 3. The third-order valence-electron chi connectivity index (χ3n) is 4.74. The SMILES string of the molecule is CCOC(=O)C(C#N)=CC(C(=O)OCC)=C(N)N1CCN(c2ncc(C(F)(F)F)cc2Cl)CC1. The quantitative estimate of drug-likeness (QED) is 0.260. The fourth-order valence-corrected chi connectivity index (χ4v) is 3.37. The van der Waals surface area contributed by atoms with Gasteiger partial charge in [0.05, 0.1) is 23.8 Å². The second-order valence-electron chi connectivity index (χ2n) is 6.91. The van der Waals surface area contributed by atoms with Gasteiger partial charge in [0, 0.05) is 32.4 Å². The van der Waals surface area contributed by atoms with Gasteiger partial charge in [0.1, 0.15) is 28.9 Å². The van der Waals surface area contributed by atoms with Crippen LogP contribution in [0.4, 0.5) is 19.0 Å². The molecule has 1 aliphatic heterocycles. The van der Waals surface area contributed by atoms with Gasteiger partial charge in [-0.2, -0.15) is 18.4 Å². The number of esters is 2. The molecule has 2 heterocycles. The first-order valence-corrected chi connectivity index (χ1v) is 10.6. The van der Waals surface area contributed by atoms with Gasteiger partial charge in [-0.15, -0.1) is 0 Å². The van der Waals surface area contributed by atoms with Crippen molar-refractivity contribution in [1.29, 1.82) is 5.26 Å². The first-order chi connectivity index (χ1) is 16.0. The summed E-state index contributed by atoms with van der Waals surface area (Å²) in [4.78, 5) is 31.6. The Balaban J connectivity index is 2.27. The van der Waals surface area contributed by atoms with Gasteiger partial charge in [0.15, 0.2) is 0 Å². The second kappa shape index (κ2) is 11.6. The van der Waals surface area contributed by atoms with Crippen LogP contribution in [-0.4, -0.2) is 61.2 Å². The third kappa shape index (κ3) is 6.54. The minimum absolute atomic E-state index is 0.0263. The Morgan fingerprint density at radius 2 is 1.79 bits per heavy atom. The number of halogens is 4. The van der Waals surface area contributed by atoms with Gasteiger partial charge < -0.3 is 25.0 Å². The van der Waals surface area contributed by atoms with E-state index in [9.17, 15) is 28.0 Å². The lowest BCUT2D eigenvalue weighted by molar-refractivity contribution is -0.139. The Kier molecular flexibility index (Phi) is 9.14. The van der Waals surface area contributed by atoms with Crippen LogP contribution in [0, 0.1) is 11.3 Å². The molecule has 1 fully saturated rings. The lowest BCUT2D eigenvalue weighted by Gasteiger charge is -2.37. The smallest absolute Gasteiger partial charge is 0.417 e. The molecular weight excluding hydrogens is 479 g/mol. The molecule has 0 unspecified atom stereocenters. The highest BCUT2D eigenvalue weighted by Gasteiger charge is 2.32. The van der Waals surface area contributed by atoms with Crippen molar-refractivity contribution in [3.05, 3.63) is 45.9 Å². The molecule has 1 aliphatic rings. The second-order valence-corrected chi connectivity index (χ2v) is 7.32. The van der Waals surface area contributed by atoms with Crippen LogP contribution in [-0.2, 0) is 25.2 Å². The topological polar surface area (TPSA) is 122 Å². The summed E-state index contributed by atoms with van der Waals surface area (Å²) in [5, 5.41) is 9.14. The number of rotatable bonds is 7. The van der Waals surface area contributed by atoms with Crippen molar-refractivity contribution in [1.82, 2.24) is 9.88 Å². The molecule has 13 heteroatoms. The number of carbonyl (C=O) groups excluding carboxylic acids is 2.